The molecule has 1 N–H and O–H groups in total. The zero-order valence-electron chi connectivity index (χ0n) is 25.0. The summed E-state index contributed by atoms with van der Waals surface area (Å²) >= 11 is 0. The summed E-state index contributed by atoms with van der Waals surface area (Å²) in [5, 5.41) is 3.16. The number of rotatable bonds is 14. The number of benzene rings is 3. The minimum absolute atomic E-state index is 0.0371. The highest BCUT2D eigenvalue weighted by Gasteiger charge is 2.32. The van der Waals surface area contributed by atoms with Crippen LogP contribution < -0.4 is 14.4 Å². The van der Waals surface area contributed by atoms with Gasteiger partial charge in [0.2, 0.25) is 21.8 Å². The number of sulfonamides is 1. The van der Waals surface area contributed by atoms with Gasteiger partial charge in [0.05, 0.1) is 19.1 Å². The van der Waals surface area contributed by atoms with Gasteiger partial charge in [0.15, 0.2) is 11.6 Å². The van der Waals surface area contributed by atoms with E-state index in [4.69, 9.17) is 4.74 Å². The fourth-order valence-electron chi connectivity index (χ4n) is 5.53. The minimum atomic E-state index is -3.86. The molecule has 1 aliphatic rings. The molecule has 11 heteroatoms. The maximum Gasteiger partial charge on any atom is 0.243 e. The van der Waals surface area contributed by atoms with Gasteiger partial charge in [-0.2, -0.15) is 0 Å². The molecule has 8 nitrogen and oxygen atoms in total. The SMILES string of the molecule is COc1cccc(CN(C(=O)CCCN(c2ccc(F)c(F)c2)S(C)(=O)=O)C(Cc2ccccc2)C(=O)NC2CCCC2)c1. The lowest BCUT2D eigenvalue weighted by Gasteiger charge is -2.33. The third kappa shape index (κ3) is 9.01. The largest absolute Gasteiger partial charge is 0.497 e. The number of nitrogens with one attached hydrogen (secondary N) is 1. The Kier molecular flexibility index (Phi) is 11.3. The van der Waals surface area contributed by atoms with Crippen molar-refractivity contribution in [2.24, 2.45) is 0 Å². The van der Waals surface area contributed by atoms with Crippen molar-refractivity contribution in [2.45, 2.75) is 63.6 Å². The van der Waals surface area contributed by atoms with Crippen molar-refractivity contribution in [3.8, 4) is 5.75 Å². The second-order valence-corrected chi connectivity index (χ2v) is 13.0. The highest BCUT2D eigenvalue weighted by molar-refractivity contribution is 7.92. The molecule has 0 spiro atoms. The van der Waals surface area contributed by atoms with E-state index >= 15 is 0 Å². The van der Waals surface area contributed by atoms with E-state index in [1.165, 1.54) is 6.07 Å². The number of anilines is 1. The van der Waals surface area contributed by atoms with Gasteiger partial charge in [-0.25, -0.2) is 17.2 Å². The highest BCUT2D eigenvalue weighted by atomic mass is 32.2. The molecule has 1 fully saturated rings. The molecule has 236 valence electrons. The molecule has 44 heavy (non-hydrogen) atoms. The van der Waals surface area contributed by atoms with Crippen LogP contribution in [0.15, 0.2) is 72.8 Å². The molecule has 4 rings (SSSR count). The quantitative estimate of drug-likeness (QED) is 0.265. The van der Waals surface area contributed by atoms with Gasteiger partial charge in [-0.05, 0) is 54.7 Å². The van der Waals surface area contributed by atoms with Crippen molar-refractivity contribution >= 4 is 27.5 Å². The number of carbonyl (C=O) groups excluding carboxylic acids is 2. The van der Waals surface area contributed by atoms with E-state index in [9.17, 15) is 26.8 Å². The second kappa shape index (κ2) is 15.1. The Labute approximate surface area is 258 Å². The Hall–Kier alpha value is -3.99. The van der Waals surface area contributed by atoms with E-state index in [0.717, 1.165) is 59.5 Å². The lowest BCUT2D eigenvalue weighted by Crippen LogP contribution is -2.52. The summed E-state index contributed by atoms with van der Waals surface area (Å²) in [6.07, 6.45) is 5.11. The van der Waals surface area contributed by atoms with Crippen molar-refractivity contribution < 1.29 is 31.5 Å². The molecule has 0 aliphatic heterocycles. The van der Waals surface area contributed by atoms with Crippen molar-refractivity contribution in [1.29, 1.82) is 0 Å². The van der Waals surface area contributed by atoms with Crippen LogP contribution in [-0.4, -0.2) is 57.1 Å². The van der Waals surface area contributed by atoms with Crippen LogP contribution in [0.2, 0.25) is 0 Å². The summed E-state index contributed by atoms with van der Waals surface area (Å²) < 4.78 is 58.9. The maximum absolute atomic E-state index is 14.0. The molecule has 0 bridgehead atoms. The van der Waals surface area contributed by atoms with Crippen LogP contribution >= 0.6 is 0 Å². The third-order valence-corrected chi connectivity index (χ3v) is 9.00. The first-order chi connectivity index (χ1) is 21.0. The summed E-state index contributed by atoms with van der Waals surface area (Å²) in [4.78, 5) is 29.4. The first-order valence-corrected chi connectivity index (χ1v) is 16.6. The van der Waals surface area contributed by atoms with Crippen LogP contribution in [0.5, 0.6) is 5.75 Å². The number of amides is 2. The smallest absolute Gasteiger partial charge is 0.243 e. The Morgan fingerprint density at radius 2 is 1.66 bits per heavy atom. The Bertz CT molecular complexity index is 1530. The molecule has 3 aromatic carbocycles. The summed E-state index contributed by atoms with van der Waals surface area (Å²) in [6, 6.07) is 18.8. The van der Waals surface area contributed by atoms with Gasteiger partial charge >= 0.3 is 0 Å². The third-order valence-electron chi connectivity index (χ3n) is 7.80. The first kappa shape index (κ1) is 32.9. The molecular formula is C33H39F2N3O5S. The molecule has 0 heterocycles. The van der Waals surface area contributed by atoms with Crippen LogP contribution in [0.1, 0.15) is 49.7 Å². The standard InChI is InChI=1S/C33H39F2N3O5S/c1-43-28-15-8-12-25(20-28)23-37(31(21-24-10-4-3-5-11-24)33(40)36-26-13-6-7-14-26)32(39)16-9-19-38(44(2,41)42)27-17-18-29(34)30(35)22-27/h3-5,8,10-12,15,17-18,20,22,26,31H,6-7,9,13-14,16,19,21,23H2,1-2H3,(H,36,40). The fourth-order valence-corrected chi connectivity index (χ4v) is 6.49. The van der Waals surface area contributed by atoms with Crippen molar-refractivity contribution in [3.05, 3.63) is 95.6 Å². The molecule has 1 unspecified atom stereocenters. The fraction of sp³-hybridized carbons (Fsp3) is 0.394. The van der Waals surface area contributed by atoms with Gasteiger partial charge in [-0.15, -0.1) is 0 Å². The Morgan fingerprint density at radius 1 is 0.955 bits per heavy atom. The van der Waals surface area contributed by atoms with Gasteiger partial charge in [-0.1, -0.05) is 55.3 Å². The lowest BCUT2D eigenvalue weighted by atomic mass is 10.0. The predicted molar refractivity (Wildman–Crippen MR) is 166 cm³/mol. The van der Waals surface area contributed by atoms with E-state index < -0.39 is 27.7 Å². The van der Waals surface area contributed by atoms with Gasteiger partial charge in [0.25, 0.3) is 0 Å². The number of nitrogens with zero attached hydrogens (tertiary/aromatic N) is 2. The second-order valence-electron chi connectivity index (χ2n) is 11.1. The number of hydrogen-bond acceptors (Lipinski definition) is 5. The summed E-state index contributed by atoms with van der Waals surface area (Å²) in [5.74, 6) is -2.23. The molecule has 0 radical (unpaired) electrons. The predicted octanol–water partition coefficient (Wildman–Crippen LogP) is 5.22. The van der Waals surface area contributed by atoms with Crippen molar-refractivity contribution in [2.75, 3.05) is 24.2 Å². The van der Waals surface area contributed by atoms with Crippen LogP contribution in [0.4, 0.5) is 14.5 Å². The first-order valence-electron chi connectivity index (χ1n) is 14.7. The van der Waals surface area contributed by atoms with E-state index in [-0.39, 0.29) is 49.5 Å². The summed E-state index contributed by atoms with van der Waals surface area (Å²) in [5.41, 5.74) is 1.62. The van der Waals surface area contributed by atoms with Gasteiger partial charge in [-0.3, -0.25) is 13.9 Å². The summed E-state index contributed by atoms with van der Waals surface area (Å²) in [6.45, 7) is -0.00908. The molecule has 3 aromatic rings. The number of hydrogen-bond donors (Lipinski definition) is 1. The highest BCUT2D eigenvalue weighted by Crippen LogP contribution is 2.24. The topological polar surface area (TPSA) is 96.0 Å². The lowest BCUT2D eigenvalue weighted by molar-refractivity contribution is -0.141. The molecule has 0 saturated heterocycles. The Balaban J connectivity index is 1.60. The molecule has 0 aromatic heterocycles. The molecule has 1 saturated carbocycles. The minimum Gasteiger partial charge on any atom is -0.497 e. The molecule has 2 amide bonds. The van der Waals surface area contributed by atoms with E-state index in [1.807, 2.05) is 48.5 Å². The van der Waals surface area contributed by atoms with Crippen LogP contribution in [0.25, 0.3) is 0 Å². The van der Waals surface area contributed by atoms with E-state index in [2.05, 4.69) is 5.32 Å². The number of methoxy groups -OCH3 is 1. The molecule has 1 aliphatic carbocycles. The van der Waals surface area contributed by atoms with Gasteiger partial charge in [0.1, 0.15) is 11.8 Å². The van der Waals surface area contributed by atoms with Crippen molar-refractivity contribution in [1.82, 2.24) is 10.2 Å². The number of halogens is 2. The van der Waals surface area contributed by atoms with Crippen LogP contribution in [-0.2, 0) is 32.6 Å². The molecular weight excluding hydrogens is 588 g/mol. The average molecular weight is 628 g/mol. The van der Waals surface area contributed by atoms with E-state index in [1.54, 1.807) is 18.1 Å². The zero-order chi connectivity index (χ0) is 31.7. The monoisotopic (exact) mass is 627 g/mol. The zero-order valence-corrected chi connectivity index (χ0v) is 25.9. The van der Waals surface area contributed by atoms with Crippen molar-refractivity contribution in [3.63, 3.8) is 0 Å². The number of ether oxygens (including phenoxy) is 1. The number of carbonyl (C=O) groups is 2. The summed E-state index contributed by atoms with van der Waals surface area (Å²) in [7, 11) is -2.31. The van der Waals surface area contributed by atoms with Crippen LogP contribution in [0, 0.1) is 11.6 Å². The molecule has 1 atom stereocenters. The van der Waals surface area contributed by atoms with E-state index in [0.29, 0.717) is 12.2 Å². The average Bonchev–Trinajstić information content (AvgIpc) is 3.51. The normalized spacial score (nSPS) is 14.2. The van der Waals surface area contributed by atoms with Crippen LogP contribution in [0.3, 0.4) is 0 Å². The van der Waals surface area contributed by atoms with Gasteiger partial charge in [0, 0.05) is 38.0 Å². The maximum atomic E-state index is 14.0. The Morgan fingerprint density at radius 3 is 2.32 bits per heavy atom. The van der Waals surface area contributed by atoms with Gasteiger partial charge < -0.3 is 15.0 Å².